The molecule has 1 unspecified atom stereocenters. The van der Waals surface area contributed by atoms with Crippen molar-refractivity contribution in [3.05, 3.63) is 0 Å². The molecule has 1 aliphatic carbocycles. The monoisotopic (exact) mass is 242 g/mol. The molecular weight excluding hydrogens is 216 g/mol. The van der Waals surface area contributed by atoms with Crippen LogP contribution < -0.4 is 0 Å². The van der Waals surface area contributed by atoms with Gasteiger partial charge in [0.1, 0.15) is 6.10 Å². The van der Waals surface area contributed by atoms with Crippen LogP contribution in [0.4, 0.5) is 0 Å². The first-order chi connectivity index (χ1) is 7.84. The Kier molecular flexibility index (Phi) is 4.99. The van der Waals surface area contributed by atoms with E-state index in [-0.39, 0.29) is 18.0 Å². The predicted molar refractivity (Wildman–Crippen MR) is 67.6 cm³/mol. The van der Waals surface area contributed by atoms with E-state index in [4.69, 9.17) is 4.74 Å². The summed E-state index contributed by atoms with van der Waals surface area (Å²) in [5, 5.41) is 9.93. The minimum atomic E-state index is -0.605. The largest absolute Gasteiger partial charge is 0.462 e. The Morgan fingerprint density at radius 2 is 1.88 bits per heavy atom. The molecule has 3 nitrogen and oxygen atoms in total. The molecular formula is C14H26O3. The predicted octanol–water partition coefficient (Wildman–Crippen LogP) is 2.91. The van der Waals surface area contributed by atoms with Gasteiger partial charge in [0, 0.05) is 0 Å². The minimum absolute atomic E-state index is 0.00186. The van der Waals surface area contributed by atoms with Crippen molar-refractivity contribution in [2.75, 3.05) is 0 Å². The summed E-state index contributed by atoms with van der Waals surface area (Å²) in [6.07, 6.45) is 4.56. The average molecular weight is 242 g/mol. The van der Waals surface area contributed by atoms with Gasteiger partial charge in [-0.15, -0.1) is 0 Å². The fourth-order valence-electron chi connectivity index (χ4n) is 2.33. The fraction of sp³-hybridized carbons (Fsp3) is 0.929. The third-order valence-electron chi connectivity index (χ3n) is 3.97. The standard InChI is InChI=1S/C14H26O3/c1-5-10(2)13(15)17-12-8-6-11(7-9-12)14(3,4)16/h10-12,16H,5-9H2,1-4H3. The summed E-state index contributed by atoms with van der Waals surface area (Å²) in [5.41, 5.74) is -0.605. The number of carbonyl (C=O) groups excluding carboxylic acids is 1. The highest BCUT2D eigenvalue weighted by atomic mass is 16.5. The van der Waals surface area contributed by atoms with Gasteiger partial charge in [0.2, 0.25) is 0 Å². The summed E-state index contributed by atoms with van der Waals surface area (Å²) in [5.74, 6) is 0.266. The molecule has 0 saturated heterocycles. The smallest absolute Gasteiger partial charge is 0.308 e. The second-order valence-corrected chi connectivity index (χ2v) is 5.87. The third kappa shape index (κ3) is 4.30. The molecule has 0 aromatic carbocycles. The van der Waals surface area contributed by atoms with Crippen molar-refractivity contribution in [3.63, 3.8) is 0 Å². The fourth-order valence-corrected chi connectivity index (χ4v) is 2.33. The van der Waals surface area contributed by atoms with Gasteiger partial charge in [-0.25, -0.2) is 0 Å². The molecule has 0 amide bonds. The first-order valence-electron chi connectivity index (χ1n) is 6.77. The molecule has 0 aliphatic heterocycles. The lowest BCUT2D eigenvalue weighted by atomic mass is 9.78. The summed E-state index contributed by atoms with van der Waals surface area (Å²) in [7, 11) is 0. The maximum absolute atomic E-state index is 11.6. The van der Waals surface area contributed by atoms with Crippen LogP contribution in [0.15, 0.2) is 0 Å². The SMILES string of the molecule is CCC(C)C(=O)OC1CCC(C(C)(C)O)CC1. The molecule has 100 valence electrons. The van der Waals surface area contributed by atoms with Crippen LogP contribution in [0.25, 0.3) is 0 Å². The maximum atomic E-state index is 11.6. The van der Waals surface area contributed by atoms with Crippen LogP contribution in [0.3, 0.4) is 0 Å². The van der Waals surface area contributed by atoms with E-state index >= 15 is 0 Å². The molecule has 0 aromatic heterocycles. The van der Waals surface area contributed by atoms with Gasteiger partial charge in [0.15, 0.2) is 0 Å². The maximum Gasteiger partial charge on any atom is 0.308 e. The highest BCUT2D eigenvalue weighted by molar-refractivity contribution is 5.72. The normalized spacial score (nSPS) is 27.6. The van der Waals surface area contributed by atoms with Gasteiger partial charge < -0.3 is 9.84 Å². The zero-order valence-electron chi connectivity index (χ0n) is 11.5. The lowest BCUT2D eigenvalue weighted by Crippen LogP contribution is -2.36. The molecule has 17 heavy (non-hydrogen) atoms. The van der Waals surface area contributed by atoms with E-state index in [0.29, 0.717) is 5.92 Å². The number of carbonyl (C=O) groups is 1. The van der Waals surface area contributed by atoms with Crippen LogP contribution in [0, 0.1) is 11.8 Å². The van der Waals surface area contributed by atoms with Crippen molar-refractivity contribution < 1.29 is 14.6 Å². The van der Waals surface area contributed by atoms with Gasteiger partial charge in [-0.05, 0) is 51.9 Å². The van der Waals surface area contributed by atoms with Gasteiger partial charge in [0.25, 0.3) is 0 Å². The van der Waals surface area contributed by atoms with E-state index in [1.165, 1.54) is 0 Å². The van der Waals surface area contributed by atoms with Crippen LogP contribution in [0.2, 0.25) is 0 Å². The van der Waals surface area contributed by atoms with E-state index in [1.54, 1.807) is 0 Å². The second kappa shape index (κ2) is 5.85. The van der Waals surface area contributed by atoms with Crippen molar-refractivity contribution in [1.82, 2.24) is 0 Å². The molecule has 1 atom stereocenters. The Bertz CT molecular complexity index is 247. The van der Waals surface area contributed by atoms with Gasteiger partial charge >= 0.3 is 5.97 Å². The first-order valence-corrected chi connectivity index (χ1v) is 6.77. The molecule has 1 rings (SSSR count). The molecule has 0 radical (unpaired) electrons. The Hall–Kier alpha value is -0.570. The van der Waals surface area contributed by atoms with E-state index in [1.807, 2.05) is 27.7 Å². The van der Waals surface area contributed by atoms with Crippen LogP contribution >= 0.6 is 0 Å². The number of aliphatic hydroxyl groups is 1. The Balaban J connectivity index is 2.35. The second-order valence-electron chi connectivity index (χ2n) is 5.87. The zero-order chi connectivity index (χ0) is 13.1. The van der Waals surface area contributed by atoms with Crippen molar-refractivity contribution >= 4 is 5.97 Å². The number of rotatable bonds is 4. The molecule has 0 aromatic rings. The van der Waals surface area contributed by atoms with E-state index < -0.39 is 5.60 Å². The van der Waals surface area contributed by atoms with Gasteiger partial charge in [-0.2, -0.15) is 0 Å². The van der Waals surface area contributed by atoms with Gasteiger partial charge in [0.05, 0.1) is 11.5 Å². The van der Waals surface area contributed by atoms with Crippen LogP contribution in [-0.2, 0) is 9.53 Å². The quantitative estimate of drug-likeness (QED) is 0.771. The first kappa shape index (κ1) is 14.5. The van der Waals surface area contributed by atoms with Crippen molar-refractivity contribution in [3.8, 4) is 0 Å². The topological polar surface area (TPSA) is 46.5 Å². The zero-order valence-corrected chi connectivity index (χ0v) is 11.5. The minimum Gasteiger partial charge on any atom is -0.462 e. The Labute approximate surface area is 105 Å². The molecule has 1 aliphatic rings. The van der Waals surface area contributed by atoms with Gasteiger partial charge in [-0.1, -0.05) is 13.8 Å². The van der Waals surface area contributed by atoms with Crippen molar-refractivity contribution in [2.45, 2.75) is 71.5 Å². The number of esters is 1. The summed E-state index contributed by atoms with van der Waals surface area (Å²) in [6, 6.07) is 0. The molecule has 0 bridgehead atoms. The summed E-state index contributed by atoms with van der Waals surface area (Å²) < 4.78 is 5.48. The highest BCUT2D eigenvalue weighted by Gasteiger charge is 2.32. The summed E-state index contributed by atoms with van der Waals surface area (Å²) in [4.78, 5) is 11.6. The van der Waals surface area contributed by atoms with Crippen molar-refractivity contribution in [1.29, 1.82) is 0 Å². The number of hydrogen-bond donors (Lipinski definition) is 1. The van der Waals surface area contributed by atoms with Crippen LogP contribution in [-0.4, -0.2) is 22.8 Å². The molecule has 0 spiro atoms. The molecule has 0 heterocycles. The van der Waals surface area contributed by atoms with Gasteiger partial charge in [-0.3, -0.25) is 4.79 Å². The van der Waals surface area contributed by atoms with E-state index in [2.05, 4.69) is 0 Å². The lowest BCUT2D eigenvalue weighted by Gasteiger charge is -2.35. The number of ether oxygens (including phenoxy) is 1. The van der Waals surface area contributed by atoms with Crippen molar-refractivity contribution in [2.24, 2.45) is 11.8 Å². The summed E-state index contributed by atoms with van der Waals surface area (Å²) in [6.45, 7) is 7.63. The molecule has 1 saturated carbocycles. The molecule has 1 fully saturated rings. The molecule has 3 heteroatoms. The average Bonchev–Trinajstić information content (AvgIpc) is 2.27. The third-order valence-corrected chi connectivity index (χ3v) is 3.97. The lowest BCUT2D eigenvalue weighted by molar-refractivity contribution is -0.156. The number of hydrogen-bond acceptors (Lipinski definition) is 3. The Morgan fingerprint density at radius 1 is 1.35 bits per heavy atom. The van der Waals surface area contributed by atoms with Crippen LogP contribution in [0.5, 0.6) is 0 Å². The van der Waals surface area contributed by atoms with E-state index in [9.17, 15) is 9.90 Å². The van der Waals surface area contributed by atoms with Crippen LogP contribution in [0.1, 0.15) is 59.8 Å². The molecule has 1 N–H and O–H groups in total. The summed E-state index contributed by atoms with van der Waals surface area (Å²) >= 11 is 0. The Morgan fingerprint density at radius 3 is 2.29 bits per heavy atom. The van der Waals surface area contributed by atoms with E-state index in [0.717, 1.165) is 32.1 Å². The highest BCUT2D eigenvalue weighted by Crippen LogP contribution is 2.33.